The van der Waals surface area contributed by atoms with Gasteiger partial charge in [-0.2, -0.15) is 5.10 Å². The van der Waals surface area contributed by atoms with E-state index >= 15 is 0 Å². The summed E-state index contributed by atoms with van der Waals surface area (Å²) in [6.07, 6.45) is 0. The largest absolute Gasteiger partial charge is 0.292 e. The molecule has 0 amide bonds. The van der Waals surface area contributed by atoms with Crippen molar-refractivity contribution in [3.05, 3.63) is 87.4 Å². The van der Waals surface area contributed by atoms with Gasteiger partial charge in [0.25, 0.3) is 0 Å². The van der Waals surface area contributed by atoms with E-state index in [0.29, 0.717) is 37.3 Å². The van der Waals surface area contributed by atoms with Gasteiger partial charge in [0.15, 0.2) is 16.7 Å². The van der Waals surface area contributed by atoms with Crippen LogP contribution in [-0.4, -0.2) is 25.6 Å². The molecule has 0 atom stereocenters. The Hall–Kier alpha value is -2.84. The first-order valence-electron chi connectivity index (χ1n) is 10.1. The molecule has 0 bridgehead atoms. The molecular formula is C24H18Cl3N5OS. The van der Waals surface area contributed by atoms with Gasteiger partial charge in [0.2, 0.25) is 5.16 Å². The predicted molar refractivity (Wildman–Crippen MR) is 141 cm³/mol. The van der Waals surface area contributed by atoms with Gasteiger partial charge in [-0.15, -0.1) is 10.2 Å². The number of Topliss-reactive ketones (excluding diaryl/α,β-unsaturated/α-hetero) is 1. The second kappa shape index (κ2) is 10.6. The van der Waals surface area contributed by atoms with E-state index in [2.05, 4.69) is 20.7 Å². The summed E-state index contributed by atoms with van der Waals surface area (Å²) in [4.78, 5) is 12.4. The summed E-state index contributed by atoms with van der Waals surface area (Å²) >= 11 is 19.8. The zero-order chi connectivity index (χ0) is 24.2. The Morgan fingerprint density at radius 1 is 0.971 bits per heavy atom. The fraction of sp³-hybridized carbons (Fsp3) is 0.0833. The number of hydrogen-bond acceptors (Lipinski definition) is 6. The Labute approximate surface area is 215 Å². The molecule has 6 nitrogen and oxygen atoms in total. The molecule has 34 heavy (non-hydrogen) atoms. The summed E-state index contributed by atoms with van der Waals surface area (Å²) in [5.74, 6) is 0.280. The number of benzene rings is 3. The number of halogens is 3. The molecule has 0 aliphatic carbocycles. The first kappa shape index (κ1) is 24.3. The summed E-state index contributed by atoms with van der Waals surface area (Å²) in [5.41, 5.74) is 5.92. The fourth-order valence-corrected chi connectivity index (χ4v) is 4.53. The molecule has 10 heteroatoms. The Balaban J connectivity index is 1.76. The van der Waals surface area contributed by atoms with Crippen LogP contribution < -0.4 is 5.43 Å². The molecule has 0 spiro atoms. The lowest BCUT2D eigenvalue weighted by Crippen LogP contribution is -2.10. The highest BCUT2D eigenvalue weighted by Gasteiger charge is 2.21. The van der Waals surface area contributed by atoms with E-state index in [1.54, 1.807) is 24.3 Å². The van der Waals surface area contributed by atoms with Crippen molar-refractivity contribution in [2.24, 2.45) is 5.10 Å². The smallest absolute Gasteiger partial charge is 0.202 e. The van der Waals surface area contributed by atoms with Crippen molar-refractivity contribution < 1.29 is 4.79 Å². The van der Waals surface area contributed by atoms with Crippen LogP contribution >= 0.6 is 46.6 Å². The minimum Gasteiger partial charge on any atom is -0.292 e. The number of ketones is 1. The van der Waals surface area contributed by atoms with Crippen molar-refractivity contribution in [1.82, 2.24) is 14.8 Å². The Morgan fingerprint density at radius 3 is 2.44 bits per heavy atom. The van der Waals surface area contributed by atoms with E-state index in [4.69, 9.17) is 34.8 Å². The van der Waals surface area contributed by atoms with E-state index in [1.165, 1.54) is 6.92 Å². The molecule has 172 valence electrons. The van der Waals surface area contributed by atoms with Crippen molar-refractivity contribution in [3.8, 4) is 17.1 Å². The number of aromatic nitrogens is 3. The van der Waals surface area contributed by atoms with Gasteiger partial charge in [0, 0.05) is 28.2 Å². The number of carbonyl (C=O) groups is 1. The molecule has 1 heterocycles. The zero-order valence-corrected chi connectivity index (χ0v) is 21.2. The molecule has 4 aromatic rings. The average Bonchev–Trinajstić information content (AvgIpc) is 3.22. The Bertz CT molecular complexity index is 1390. The predicted octanol–water partition coefficient (Wildman–Crippen LogP) is 7.31. The number of thioether (sulfide) groups is 1. The molecule has 0 fully saturated rings. The summed E-state index contributed by atoms with van der Waals surface area (Å²) in [6.45, 7) is 3.31. The number of para-hydroxylation sites is 1. The number of anilines is 1. The number of hydrogen-bond donors (Lipinski definition) is 1. The number of rotatable bonds is 6. The van der Waals surface area contributed by atoms with E-state index < -0.39 is 0 Å². The highest BCUT2D eigenvalue weighted by atomic mass is 35.5. The van der Waals surface area contributed by atoms with Crippen molar-refractivity contribution in [1.29, 1.82) is 0 Å². The second-order valence-corrected chi connectivity index (χ2v) is 9.41. The van der Waals surface area contributed by atoms with Crippen LogP contribution in [0.4, 0.5) is 5.69 Å². The van der Waals surface area contributed by atoms with Gasteiger partial charge in [-0.25, -0.2) is 0 Å². The molecule has 0 unspecified atom stereocenters. The van der Waals surface area contributed by atoms with Gasteiger partial charge in [0.1, 0.15) is 0 Å². The van der Waals surface area contributed by atoms with Gasteiger partial charge >= 0.3 is 0 Å². The van der Waals surface area contributed by atoms with E-state index in [-0.39, 0.29) is 10.8 Å². The number of nitrogens with one attached hydrogen (secondary N) is 1. The number of nitrogens with zero attached hydrogens (tertiary/aromatic N) is 4. The minimum absolute atomic E-state index is 0.206. The van der Waals surface area contributed by atoms with E-state index in [1.807, 2.05) is 54.0 Å². The van der Waals surface area contributed by atoms with E-state index in [0.717, 1.165) is 23.0 Å². The first-order chi connectivity index (χ1) is 16.3. The third-order valence-corrected chi connectivity index (χ3v) is 6.83. The van der Waals surface area contributed by atoms with Crippen LogP contribution in [0, 0.1) is 6.92 Å². The van der Waals surface area contributed by atoms with Gasteiger partial charge in [-0.3, -0.25) is 14.8 Å². The van der Waals surface area contributed by atoms with Crippen LogP contribution in [0.5, 0.6) is 0 Å². The molecule has 0 aliphatic heterocycles. The quantitative estimate of drug-likeness (QED) is 0.122. The lowest BCUT2D eigenvalue weighted by Gasteiger charge is -2.12. The van der Waals surface area contributed by atoms with Crippen LogP contribution in [-0.2, 0) is 4.79 Å². The zero-order valence-electron chi connectivity index (χ0n) is 18.1. The molecule has 0 aliphatic rings. The van der Waals surface area contributed by atoms with Crippen LogP contribution in [0.3, 0.4) is 0 Å². The SMILES string of the molecule is CC(=O)/C(=N\Nc1cccc(Cl)c1C)Sc1nnc(-c2ccc(Cl)cc2Cl)n1-c1ccccc1. The van der Waals surface area contributed by atoms with Crippen molar-refractivity contribution in [2.45, 2.75) is 19.0 Å². The fourth-order valence-electron chi connectivity index (χ4n) is 3.09. The maximum atomic E-state index is 12.4. The highest BCUT2D eigenvalue weighted by Crippen LogP contribution is 2.34. The Kier molecular flexibility index (Phi) is 7.58. The summed E-state index contributed by atoms with van der Waals surface area (Å²) in [6, 6.07) is 20.1. The van der Waals surface area contributed by atoms with Crippen LogP contribution in [0.25, 0.3) is 17.1 Å². The van der Waals surface area contributed by atoms with Crippen molar-refractivity contribution in [2.75, 3.05) is 5.43 Å². The third-order valence-electron chi connectivity index (χ3n) is 4.85. The average molecular weight is 531 g/mol. The molecular weight excluding hydrogens is 513 g/mol. The van der Waals surface area contributed by atoms with Gasteiger partial charge < -0.3 is 0 Å². The summed E-state index contributed by atoms with van der Waals surface area (Å²) < 4.78 is 1.82. The molecule has 3 aromatic carbocycles. The van der Waals surface area contributed by atoms with Gasteiger partial charge in [0.05, 0.1) is 10.7 Å². The third kappa shape index (κ3) is 5.28. The van der Waals surface area contributed by atoms with Crippen molar-refractivity contribution in [3.63, 3.8) is 0 Å². The second-order valence-electron chi connectivity index (χ2n) is 7.20. The molecule has 1 N–H and O–H groups in total. The first-order valence-corrected chi connectivity index (χ1v) is 12.0. The molecule has 0 saturated carbocycles. The van der Waals surface area contributed by atoms with Gasteiger partial charge in [-0.1, -0.05) is 59.1 Å². The van der Waals surface area contributed by atoms with Crippen LogP contribution in [0.1, 0.15) is 12.5 Å². The lowest BCUT2D eigenvalue weighted by molar-refractivity contribution is -0.110. The van der Waals surface area contributed by atoms with Gasteiger partial charge in [-0.05, 0) is 66.7 Å². The summed E-state index contributed by atoms with van der Waals surface area (Å²) in [7, 11) is 0. The maximum absolute atomic E-state index is 12.4. The summed E-state index contributed by atoms with van der Waals surface area (Å²) in [5, 5.41) is 15.3. The standard InChI is InChI=1S/C24H18Cl3N5OS/c1-14-19(26)9-6-10-21(14)28-30-23(15(2)33)34-24-31-29-22(18-12-11-16(25)13-20(18)27)32(24)17-7-4-3-5-8-17/h3-13,28H,1-2H3/b30-23+. The van der Waals surface area contributed by atoms with Crippen LogP contribution in [0.15, 0.2) is 77.0 Å². The molecule has 4 rings (SSSR count). The monoisotopic (exact) mass is 529 g/mol. The molecule has 0 saturated heterocycles. The maximum Gasteiger partial charge on any atom is 0.202 e. The molecule has 0 radical (unpaired) electrons. The highest BCUT2D eigenvalue weighted by molar-refractivity contribution is 8.15. The minimum atomic E-state index is -0.231. The lowest BCUT2D eigenvalue weighted by atomic mass is 10.2. The molecule has 1 aromatic heterocycles. The Morgan fingerprint density at radius 2 is 1.74 bits per heavy atom. The number of hydrazone groups is 1. The topological polar surface area (TPSA) is 72.2 Å². The van der Waals surface area contributed by atoms with Crippen LogP contribution in [0.2, 0.25) is 15.1 Å². The number of carbonyl (C=O) groups excluding carboxylic acids is 1. The normalized spacial score (nSPS) is 11.5. The van der Waals surface area contributed by atoms with E-state index in [9.17, 15) is 4.79 Å². The van der Waals surface area contributed by atoms with Crippen molar-refractivity contribution >= 4 is 63.1 Å².